The lowest BCUT2D eigenvalue weighted by Crippen LogP contribution is -2.45. The summed E-state index contributed by atoms with van der Waals surface area (Å²) in [6, 6.07) is 4.23. The van der Waals surface area contributed by atoms with Crippen LogP contribution in [0, 0.1) is 5.41 Å². The van der Waals surface area contributed by atoms with Crippen LogP contribution in [0.2, 0.25) is 0 Å². The van der Waals surface area contributed by atoms with Crippen molar-refractivity contribution in [2.24, 2.45) is 5.41 Å². The van der Waals surface area contributed by atoms with Gasteiger partial charge in [-0.3, -0.25) is 4.79 Å². The third-order valence-corrected chi connectivity index (χ3v) is 5.22. The first-order valence-corrected chi connectivity index (χ1v) is 10.2. The average Bonchev–Trinajstić information content (AvgIpc) is 2.41. The molecule has 0 unspecified atom stereocenters. The van der Waals surface area contributed by atoms with E-state index in [0.717, 1.165) is 0 Å². The summed E-state index contributed by atoms with van der Waals surface area (Å²) in [5.41, 5.74) is -0.469. The number of nitrogens with one attached hydrogen (secondary N) is 2. The van der Waals surface area contributed by atoms with Gasteiger partial charge in [-0.25, -0.2) is 13.1 Å². The Balaban J connectivity index is 3.23. The molecule has 0 saturated carbocycles. The van der Waals surface area contributed by atoms with Crippen molar-refractivity contribution in [2.45, 2.75) is 71.4 Å². The minimum atomic E-state index is -3.79. The summed E-state index contributed by atoms with van der Waals surface area (Å²) < 4.78 is 33.6. The molecule has 0 aliphatic heterocycles. The first-order chi connectivity index (χ1) is 11.7. The number of hydrogen-bond acceptors (Lipinski definition) is 4. The van der Waals surface area contributed by atoms with E-state index in [-0.39, 0.29) is 27.8 Å². The minimum Gasteiger partial charge on any atom is -0.496 e. The highest BCUT2D eigenvalue weighted by atomic mass is 32.2. The number of sulfonamides is 1. The molecular formula is C19H32N2O4S. The standard InChI is InChI=1S/C19H32N2O4S/c1-13(2)20-17(22)15-11-14(9-10-16(15)25-8)26(23,24)21-19(6,7)12-18(3,4)5/h9-11,13,21H,12H2,1-8H3,(H,20,22). The second-order valence-electron chi connectivity index (χ2n) is 8.72. The van der Waals surface area contributed by atoms with Gasteiger partial charge in [0.2, 0.25) is 10.0 Å². The molecule has 0 atom stereocenters. The van der Waals surface area contributed by atoms with Crippen molar-refractivity contribution in [3.63, 3.8) is 0 Å². The summed E-state index contributed by atoms with van der Waals surface area (Å²) in [6.07, 6.45) is 0.663. The Morgan fingerprint density at radius 2 is 1.73 bits per heavy atom. The quantitative estimate of drug-likeness (QED) is 0.755. The highest BCUT2D eigenvalue weighted by Gasteiger charge is 2.31. The molecule has 26 heavy (non-hydrogen) atoms. The van der Waals surface area contributed by atoms with Crippen LogP contribution in [-0.2, 0) is 10.0 Å². The molecule has 1 aromatic carbocycles. The predicted octanol–water partition coefficient (Wildman–Crippen LogP) is 3.33. The Hall–Kier alpha value is -1.60. The number of ether oxygens (including phenoxy) is 1. The molecule has 0 fully saturated rings. The summed E-state index contributed by atoms with van der Waals surface area (Å²) in [5.74, 6) is -0.0427. The van der Waals surface area contributed by atoms with Gasteiger partial charge in [0.1, 0.15) is 5.75 Å². The van der Waals surface area contributed by atoms with Gasteiger partial charge in [0.25, 0.3) is 5.91 Å². The number of benzene rings is 1. The lowest BCUT2D eigenvalue weighted by Gasteiger charge is -2.33. The molecule has 0 aromatic heterocycles. The molecule has 0 bridgehead atoms. The second-order valence-corrected chi connectivity index (χ2v) is 10.4. The van der Waals surface area contributed by atoms with E-state index in [1.807, 2.05) is 27.7 Å². The molecule has 0 radical (unpaired) electrons. The smallest absolute Gasteiger partial charge is 0.255 e. The van der Waals surface area contributed by atoms with E-state index in [2.05, 4.69) is 30.8 Å². The largest absolute Gasteiger partial charge is 0.496 e. The van der Waals surface area contributed by atoms with E-state index in [9.17, 15) is 13.2 Å². The first kappa shape index (κ1) is 22.4. The molecule has 6 nitrogen and oxygen atoms in total. The molecule has 1 amide bonds. The second kappa shape index (κ2) is 7.96. The molecule has 7 heteroatoms. The van der Waals surface area contributed by atoms with E-state index >= 15 is 0 Å². The lowest BCUT2D eigenvalue weighted by molar-refractivity contribution is 0.0940. The maximum atomic E-state index is 12.8. The number of carbonyl (C=O) groups is 1. The third-order valence-electron chi connectivity index (χ3n) is 3.53. The topological polar surface area (TPSA) is 84.5 Å². The van der Waals surface area contributed by atoms with E-state index in [4.69, 9.17) is 4.74 Å². The maximum Gasteiger partial charge on any atom is 0.255 e. The summed E-state index contributed by atoms with van der Waals surface area (Å²) in [6.45, 7) is 13.6. The molecular weight excluding hydrogens is 352 g/mol. The Morgan fingerprint density at radius 1 is 1.15 bits per heavy atom. The van der Waals surface area contributed by atoms with E-state index in [0.29, 0.717) is 12.2 Å². The van der Waals surface area contributed by atoms with Gasteiger partial charge in [-0.05, 0) is 57.7 Å². The van der Waals surface area contributed by atoms with Gasteiger partial charge in [-0.1, -0.05) is 20.8 Å². The Bertz CT molecular complexity index is 747. The summed E-state index contributed by atoms with van der Waals surface area (Å²) in [4.78, 5) is 12.4. The molecule has 0 aliphatic carbocycles. The van der Waals surface area contributed by atoms with Crippen LogP contribution in [-0.4, -0.2) is 33.0 Å². The fourth-order valence-electron chi connectivity index (χ4n) is 3.16. The molecule has 0 aliphatic rings. The van der Waals surface area contributed by atoms with E-state index in [1.165, 1.54) is 25.3 Å². The number of methoxy groups -OCH3 is 1. The number of hydrogen-bond donors (Lipinski definition) is 2. The highest BCUT2D eigenvalue weighted by Crippen LogP contribution is 2.29. The number of rotatable bonds is 7. The molecule has 1 aromatic rings. The minimum absolute atomic E-state index is 0.0335. The monoisotopic (exact) mass is 384 g/mol. The van der Waals surface area contributed by atoms with Crippen molar-refractivity contribution >= 4 is 15.9 Å². The summed E-state index contributed by atoms with van der Waals surface area (Å²) >= 11 is 0. The highest BCUT2D eigenvalue weighted by molar-refractivity contribution is 7.89. The number of carbonyl (C=O) groups excluding carboxylic acids is 1. The molecule has 0 spiro atoms. The van der Waals surface area contributed by atoms with Crippen molar-refractivity contribution < 1.29 is 17.9 Å². The normalized spacial score (nSPS) is 13.0. The van der Waals surface area contributed by atoms with Gasteiger partial charge in [0.15, 0.2) is 0 Å². The van der Waals surface area contributed by atoms with Crippen LogP contribution < -0.4 is 14.8 Å². The molecule has 1 rings (SSSR count). The van der Waals surface area contributed by atoms with Crippen LogP contribution in [0.5, 0.6) is 5.75 Å². The number of amides is 1. The van der Waals surface area contributed by atoms with E-state index < -0.39 is 15.6 Å². The first-order valence-electron chi connectivity index (χ1n) is 8.70. The maximum absolute atomic E-state index is 12.8. The van der Waals surface area contributed by atoms with Gasteiger partial charge < -0.3 is 10.1 Å². The SMILES string of the molecule is COc1ccc(S(=O)(=O)NC(C)(C)CC(C)(C)C)cc1C(=O)NC(C)C. The van der Waals surface area contributed by atoms with Crippen molar-refractivity contribution in [1.29, 1.82) is 0 Å². The van der Waals surface area contributed by atoms with Crippen molar-refractivity contribution in [3.8, 4) is 5.75 Å². The van der Waals surface area contributed by atoms with Crippen LogP contribution >= 0.6 is 0 Å². The molecule has 0 saturated heterocycles. The third kappa shape index (κ3) is 6.61. The van der Waals surface area contributed by atoms with Gasteiger partial charge in [0.05, 0.1) is 17.6 Å². The fourth-order valence-corrected chi connectivity index (χ4v) is 4.59. The zero-order valence-corrected chi connectivity index (χ0v) is 17.9. The van der Waals surface area contributed by atoms with Gasteiger partial charge in [-0.15, -0.1) is 0 Å². The van der Waals surface area contributed by atoms with Crippen molar-refractivity contribution in [3.05, 3.63) is 23.8 Å². The molecule has 2 N–H and O–H groups in total. The van der Waals surface area contributed by atoms with E-state index in [1.54, 1.807) is 0 Å². The van der Waals surface area contributed by atoms with Crippen molar-refractivity contribution in [2.75, 3.05) is 7.11 Å². The van der Waals surface area contributed by atoms with Crippen LogP contribution in [0.25, 0.3) is 0 Å². The van der Waals surface area contributed by atoms with Gasteiger partial charge >= 0.3 is 0 Å². The Kier molecular flexibility index (Phi) is 6.87. The fraction of sp³-hybridized carbons (Fsp3) is 0.632. The average molecular weight is 385 g/mol. The van der Waals surface area contributed by atoms with Crippen molar-refractivity contribution in [1.82, 2.24) is 10.0 Å². The zero-order chi connectivity index (χ0) is 20.3. The van der Waals surface area contributed by atoms with Gasteiger partial charge in [-0.2, -0.15) is 0 Å². The predicted molar refractivity (Wildman–Crippen MR) is 104 cm³/mol. The Morgan fingerprint density at radius 3 is 2.19 bits per heavy atom. The van der Waals surface area contributed by atoms with Crippen LogP contribution in [0.1, 0.15) is 65.2 Å². The lowest BCUT2D eigenvalue weighted by atomic mass is 9.82. The zero-order valence-electron chi connectivity index (χ0n) is 17.1. The van der Waals surface area contributed by atoms with Gasteiger partial charge in [0, 0.05) is 11.6 Å². The summed E-state index contributed by atoms with van der Waals surface area (Å²) in [5, 5.41) is 2.76. The summed E-state index contributed by atoms with van der Waals surface area (Å²) in [7, 11) is -2.34. The van der Waals surface area contributed by atoms with Crippen LogP contribution in [0.4, 0.5) is 0 Å². The molecule has 148 valence electrons. The van der Waals surface area contributed by atoms with Crippen LogP contribution in [0.15, 0.2) is 23.1 Å². The Labute approximate surface area is 157 Å². The molecule has 0 heterocycles. The van der Waals surface area contributed by atoms with Crippen LogP contribution in [0.3, 0.4) is 0 Å².